The van der Waals surface area contributed by atoms with Crippen LogP contribution in [-0.2, 0) is 4.79 Å². The van der Waals surface area contributed by atoms with Crippen molar-refractivity contribution >= 4 is 5.97 Å². The predicted octanol–water partition coefficient (Wildman–Crippen LogP) is 1.86. The predicted molar refractivity (Wildman–Crippen MR) is 57.9 cm³/mol. The van der Waals surface area contributed by atoms with E-state index in [0.29, 0.717) is 18.5 Å². The molecule has 0 aromatic heterocycles. The molecule has 4 heteroatoms. The van der Waals surface area contributed by atoms with E-state index in [1.807, 2.05) is 6.07 Å². The second kappa shape index (κ2) is 4.61. The molecule has 2 rings (SSSR count). The lowest BCUT2D eigenvalue weighted by atomic mass is 10.1. The lowest BCUT2D eigenvalue weighted by Gasteiger charge is -2.23. The van der Waals surface area contributed by atoms with Gasteiger partial charge in [0.25, 0.3) is 0 Å². The number of alkyl halides is 1. The lowest BCUT2D eigenvalue weighted by molar-refractivity contribution is -0.143. The molecule has 0 aliphatic carbocycles. The van der Waals surface area contributed by atoms with Crippen LogP contribution in [0.2, 0.25) is 0 Å². The third-order valence-electron chi connectivity index (χ3n) is 2.88. The number of benzene rings is 1. The molecule has 1 fully saturated rings. The molecule has 2 atom stereocenters. The highest BCUT2D eigenvalue weighted by Crippen LogP contribution is 2.26. The molecule has 1 N–H and O–H groups in total. The van der Waals surface area contributed by atoms with Crippen molar-refractivity contribution in [2.75, 3.05) is 13.1 Å². The van der Waals surface area contributed by atoms with Crippen LogP contribution in [0.5, 0.6) is 0 Å². The van der Waals surface area contributed by atoms with Gasteiger partial charge in [-0.3, -0.25) is 9.69 Å². The van der Waals surface area contributed by atoms with Gasteiger partial charge in [0.1, 0.15) is 12.2 Å². The Bertz CT molecular complexity index is 369. The second-order valence-electron chi connectivity index (χ2n) is 4.03. The van der Waals surface area contributed by atoms with Crippen molar-refractivity contribution in [3.63, 3.8) is 0 Å². The molecule has 3 nitrogen and oxygen atoms in total. The first-order chi connectivity index (χ1) is 7.68. The SMILES string of the molecule is O=C(O)C(c1ccccc1)N1CCC(F)C1. The molecule has 16 heavy (non-hydrogen) atoms. The van der Waals surface area contributed by atoms with Crippen LogP contribution in [0.15, 0.2) is 30.3 Å². The number of carboxylic acids is 1. The maximum Gasteiger partial charge on any atom is 0.325 e. The van der Waals surface area contributed by atoms with E-state index < -0.39 is 18.2 Å². The van der Waals surface area contributed by atoms with Gasteiger partial charge in [-0.05, 0) is 12.0 Å². The van der Waals surface area contributed by atoms with Crippen molar-refractivity contribution in [3.05, 3.63) is 35.9 Å². The minimum atomic E-state index is -0.916. The van der Waals surface area contributed by atoms with Crippen molar-refractivity contribution in [2.24, 2.45) is 0 Å². The molecule has 1 heterocycles. The molecule has 86 valence electrons. The highest BCUT2D eigenvalue weighted by Gasteiger charge is 2.33. The molecule has 0 bridgehead atoms. The Hall–Kier alpha value is -1.42. The number of aliphatic carboxylic acids is 1. The average molecular weight is 223 g/mol. The monoisotopic (exact) mass is 223 g/mol. The zero-order valence-electron chi connectivity index (χ0n) is 8.84. The maximum atomic E-state index is 13.1. The highest BCUT2D eigenvalue weighted by atomic mass is 19.1. The molecule has 0 spiro atoms. The van der Waals surface area contributed by atoms with Crippen LogP contribution < -0.4 is 0 Å². The number of likely N-dealkylation sites (tertiary alicyclic amines) is 1. The van der Waals surface area contributed by atoms with Crippen LogP contribution in [0, 0.1) is 0 Å². The van der Waals surface area contributed by atoms with Crippen LogP contribution in [0.25, 0.3) is 0 Å². The highest BCUT2D eigenvalue weighted by molar-refractivity contribution is 5.75. The van der Waals surface area contributed by atoms with E-state index in [0.717, 1.165) is 0 Å². The Morgan fingerprint density at radius 2 is 2.12 bits per heavy atom. The van der Waals surface area contributed by atoms with Crippen molar-refractivity contribution < 1.29 is 14.3 Å². The summed E-state index contributed by atoms with van der Waals surface area (Å²) in [7, 11) is 0. The van der Waals surface area contributed by atoms with Gasteiger partial charge in [-0.15, -0.1) is 0 Å². The Kier molecular flexibility index (Phi) is 3.19. The standard InChI is InChI=1S/C12H14FNO2/c13-10-6-7-14(8-10)11(12(15)16)9-4-2-1-3-5-9/h1-5,10-11H,6-8H2,(H,15,16). The van der Waals surface area contributed by atoms with Gasteiger partial charge in [-0.1, -0.05) is 30.3 Å². The molecule has 0 amide bonds. The fraction of sp³-hybridized carbons (Fsp3) is 0.417. The molecular formula is C12H14FNO2. The third kappa shape index (κ3) is 2.22. The minimum absolute atomic E-state index is 0.214. The first-order valence-corrected chi connectivity index (χ1v) is 5.34. The number of rotatable bonds is 3. The summed E-state index contributed by atoms with van der Waals surface area (Å²) in [6.45, 7) is 0.721. The first kappa shape index (κ1) is 11.1. The molecule has 0 saturated carbocycles. The maximum absolute atomic E-state index is 13.1. The Morgan fingerprint density at radius 1 is 1.44 bits per heavy atom. The van der Waals surface area contributed by atoms with Crippen LogP contribution in [0.4, 0.5) is 4.39 Å². The van der Waals surface area contributed by atoms with Crippen molar-refractivity contribution in [1.82, 2.24) is 4.90 Å². The molecule has 1 aromatic rings. The van der Waals surface area contributed by atoms with Gasteiger partial charge >= 0.3 is 5.97 Å². The van der Waals surface area contributed by atoms with Crippen molar-refractivity contribution in [3.8, 4) is 0 Å². The molecule has 1 aliphatic rings. The van der Waals surface area contributed by atoms with Gasteiger partial charge in [0, 0.05) is 13.1 Å². The summed E-state index contributed by atoms with van der Waals surface area (Å²) in [5.41, 5.74) is 0.712. The van der Waals surface area contributed by atoms with E-state index in [1.165, 1.54) is 0 Å². The number of hydrogen-bond acceptors (Lipinski definition) is 2. The zero-order valence-corrected chi connectivity index (χ0v) is 8.84. The summed E-state index contributed by atoms with van der Waals surface area (Å²) in [4.78, 5) is 12.9. The van der Waals surface area contributed by atoms with E-state index >= 15 is 0 Å². The van der Waals surface area contributed by atoms with Gasteiger partial charge in [-0.2, -0.15) is 0 Å². The Labute approximate surface area is 93.5 Å². The van der Waals surface area contributed by atoms with Crippen molar-refractivity contribution in [1.29, 1.82) is 0 Å². The summed E-state index contributed by atoms with van der Waals surface area (Å²) >= 11 is 0. The summed E-state index contributed by atoms with van der Waals surface area (Å²) in [5, 5.41) is 9.21. The second-order valence-corrected chi connectivity index (χ2v) is 4.03. The molecule has 2 unspecified atom stereocenters. The molecule has 1 aromatic carbocycles. The van der Waals surface area contributed by atoms with Crippen molar-refractivity contribution in [2.45, 2.75) is 18.6 Å². The minimum Gasteiger partial charge on any atom is -0.480 e. The number of carboxylic acid groups (broad SMARTS) is 1. The third-order valence-corrected chi connectivity index (χ3v) is 2.88. The van der Waals surface area contributed by atoms with Crippen LogP contribution >= 0.6 is 0 Å². The normalized spacial score (nSPS) is 23.2. The van der Waals surface area contributed by atoms with Crippen LogP contribution in [-0.4, -0.2) is 35.2 Å². The van der Waals surface area contributed by atoms with Gasteiger partial charge in [0.2, 0.25) is 0 Å². The fourth-order valence-electron chi connectivity index (χ4n) is 2.12. The zero-order chi connectivity index (χ0) is 11.5. The van der Waals surface area contributed by atoms with Gasteiger partial charge in [-0.25, -0.2) is 4.39 Å². The fourth-order valence-corrected chi connectivity index (χ4v) is 2.12. The average Bonchev–Trinajstić information content (AvgIpc) is 2.66. The van der Waals surface area contributed by atoms with Crippen LogP contribution in [0.1, 0.15) is 18.0 Å². The number of nitrogens with zero attached hydrogens (tertiary/aromatic N) is 1. The lowest BCUT2D eigenvalue weighted by Crippen LogP contribution is -2.32. The topological polar surface area (TPSA) is 40.5 Å². The quantitative estimate of drug-likeness (QED) is 0.850. The Morgan fingerprint density at radius 3 is 2.62 bits per heavy atom. The molecule has 1 aliphatic heterocycles. The van der Waals surface area contributed by atoms with Gasteiger partial charge in [0.05, 0.1) is 0 Å². The molecular weight excluding hydrogens is 209 g/mol. The summed E-state index contributed by atoms with van der Waals surface area (Å²) < 4.78 is 13.1. The molecule has 1 saturated heterocycles. The Balaban J connectivity index is 2.21. The first-order valence-electron chi connectivity index (χ1n) is 5.34. The van der Waals surface area contributed by atoms with Gasteiger partial charge in [0.15, 0.2) is 0 Å². The summed E-state index contributed by atoms with van der Waals surface area (Å²) in [6, 6.07) is 8.25. The summed E-state index contributed by atoms with van der Waals surface area (Å²) in [6.07, 6.45) is -0.470. The smallest absolute Gasteiger partial charge is 0.325 e. The molecule has 0 radical (unpaired) electrons. The van der Waals surface area contributed by atoms with Crippen LogP contribution in [0.3, 0.4) is 0 Å². The van der Waals surface area contributed by atoms with E-state index in [2.05, 4.69) is 0 Å². The van der Waals surface area contributed by atoms with E-state index in [-0.39, 0.29) is 6.54 Å². The van der Waals surface area contributed by atoms with E-state index in [4.69, 9.17) is 0 Å². The van der Waals surface area contributed by atoms with E-state index in [9.17, 15) is 14.3 Å². The van der Waals surface area contributed by atoms with E-state index in [1.54, 1.807) is 29.2 Å². The number of hydrogen-bond donors (Lipinski definition) is 1. The largest absolute Gasteiger partial charge is 0.480 e. The number of carbonyl (C=O) groups is 1. The van der Waals surface area contributed by atoms with Gasteiger partial charge < -0.3 is 5.11 Å². The number of halogens is 1. The summed E-state index contributed by atoms with van der Waals surface area (Å²) in [5.74, 6) is -0.916.